The summed E-state index contributed by atoms with van der Waals surface area (Å²) in [5, 5.41) is 3.74. The maximum Gasteiger partial charge on any atom is 0.263 e. The molecule has 5 heteroatoms. The molecule has 0 spiro atoms. The number of carbonyl (C=O) groups excluding carboxylic acids is 1. The van der Waals surface area contributed by atoms with E-state index in [1.807, 2.05) is 37.3 Å². The maximum atomic E-state index is 13.1. The van der Waals surface area contributed by atoms with Gasteiger partial charge in [0.1, 0.15) is 11.4 Å². The number of hydrogen-bond acceptors (Lipinski definition) is 3. The van der Waals surface area contributed by atoms with E-state index in [1.54, 1.807) is 17.0 Å². The number of aromatic nitrogens is 1. The van der Waals surface area contributed by atoms with Crippen LogP contribution in [0.3, 0.4) is 0 Å². The Balaban J connectivity index is 1.97. The van der Waals surface area contributed by atoms with Crippen LogP contribution in [0.4, 0.5) is 10.1 Å². The van der Waals surface area contributed by atoms with Gasteiger partial charge in [0, 0.05) is 17.8 Å². The summed E-state index contributed by atoms with van der Waals surface area (Å²) >= 11 is 0. The van der Waals surface area contributed by atoms with Crippen molar-refractivity contribution >= 4 is 11.6 Å². The first-order chi connectivity index (χ1) is 11.2. The summed E-state index contributed by atoms with van der Waals surface area (Å²) in [5.41, 5.74) is 1.75. The van der Waals surface area contributed by atoms with Crippen LogP contribution in [0.5, 0.6) is 0 Å². The normalized spacial score (nSPS) is 10.5. The average molecular weight is 310 g/mol. The van der Waals surface area contributed by atoms with Crippen molar-refractivity contribution in [2.45, 2.75) is 6.92 Å². The lowest BCUT2D eigenvalue weighted by atomic mass is 10.1. The second-order valence-electron chi connectivity index (χ2n) is 4.96. The van der Waals surface area contributed by atoms with E-state index in [1.165, 1.54) is 18.3 Å². The van der Waals surface area contributed by atoms with E-state index in [9.17, 15) is 9.18 Å². The highest BCUT2D eigenvalue weighted by Gasteiger charge is 2.23. The van der Waals surface area contributed by atoms with E-state index in [-0.39, 0.29) is 11.7 Å². The molecule has 0 unspecified atom stereocenters. The Morgan fingerprint density at radius 2 is 1.83 bits per heavy atom. The van der Waals surface area contributed by atoms with E-state index in [2.05, 4.69) is 5.16 Å². The lowest BCUT2D eigenvalue weighted by Gasteiger charge is -2.20. The van der Waals surface area contributed by atoms with Crippen LogP contribution in [-0.4, -0.2) is 17.6 Å². The number of para-hydroxylation sites is 1. The zero-order valence-corrected chi connectivity index (χ0v) is 12.6. The number of benzene rings is 2. The summed E-state index contributed by atoms with van der Waals surface area (Å²) in [6.45, 7) is 2.41. The lowest BCUT2D eigenvalue weighted by Crippen LogP contribution is -2.30. The van der Waals surface area contributed by atoms with Gasteiger partial charge in [0.05, 0.1) is 6.20 Å². The fourth-order valence-electron chi connectivity index (χ4n) is 2.40. The van der Waals surface area contributed by atoms with Crippen molar-refractivity contribution in [1.29, 1.82) is 0 Å². The van der Waals surface area contributed by atoms with Crippen LogP contribution in [-0.2, 0) is 0 Å². The molecule has 1 aromatic heterocycles. The third kappa shape index (κ3) is 2.99. The first-order valence-electron chi connectivity index (χ1n) is 7.28. The summed E-state index contributed by atoms with van der Waals surface area (Å²) in [6, 6.07) is 15.1. The van der Waals surface area contributed by atoms with E-state index in [4.69, 9.17) is 4.52 Å². The Kier molecular flexibility index (Phi) is 4.19. The Bertz CT molecular complexity index is 797. The van der Waals surface area contributed by atoms with Gasteiger partial charge in [-0.15, -0.1) is 0 Å². The van der Waals surface area contributed by atoms with Crippen LogP contribution >= 0.6 is 0 Å². The summed E-state index contributed by atoms with van der Waals surface area (Å²) in [6.07, 6.45) is 1.40. The molecule has 1 amide bonds. The van der Waals surface area contributed by atoms with Crippen LogP contribution in [0.1, 0.15) is 17.3 Å². The zero-order chi connectivity index (χ0) is 16.2. The summed E-state index contributed by atoms with van der Waals surface area (Å²) < 4.78 is 18.3. The number of nitrogens with zero attached hydrogens (tertiary/aromatic N) is 2. The number of halogens is 1. The Morgan fingerprint density at radius 3 is 2.48 bits per heavy atom. The molecule has 1 heterocycles. The van der Waals surface area contributed by atoms with E-state index in [0.29, 0.717) is 23.4 Å². The number of hydrogen-bond donors (Lipinski definition) is 0. The molecule has 0 fully saturated rings. The predicted octanol–water partition coefficient (Wildman–Crippen LogP) is 4.15. The van der Waals surface area contributed by atoms with Crippen LogP contribution in [0, 0.1) is 5.82 Å². The number of carbonyl (C=O) groups is 1. The third-order valence-corrected chi connectivity index (χ3v) is 3.54. The average Bonchev–Trinajstić information content (AvgIpc) is 3.07. The van der Waals surface area contributed by atoms with Gasteiger partial charge in [-0.25, -0.2) is 4.39 Å². The SMILES string of the molecule is CCN(C(=O)c1cnoc1-c1ccc(F)cc1)c1ccccc1. The molecule has 3 rings (SSSR count). The monoisotopic (exact) mass is 310 g/mol. The molecule has 0 radical (unpaired) electrons. The molecule has 0 aliphatic heterocycles. The zero-order valence-electron chi connectivity index (χ0n) is 12.6. The molecule has 0 aliphatic rings. The topological polar surface area (TPSA) is 46.3 Å². The molecule has 4 nitrogen and oxygen atoms in total. The van der Waals surface area contributed by atoms with Gasteiger partial charge < -0.3 is 9.42 Å². The molecule has 23 heavy (non-hydrogen) atoms. The molecule has 0 atom stereocenters. The highest BCUT2D eigenvalue weighted by molar-refractivity contribution is 6.09. The van der Waals surface area contributed by atoms with Gasteiger partial charge in [0.2, 0.25) is 0 Å². The first kappa shape index (κ1) is 15.0. The minimum absolute atomic E-state index is 0.209. The minimum Gasteiger partial charge on any atom is -0.355 e. The van der Waals surface area contributed by atoms with Crippen molar-refractivity contribution in [2.24, 2.45) is 0 Å². The molecule has 2 aromatic carbocycles. The number of amides is 1. The fraction of sp³-hybridized carbons (Fsp3) is 0.111. The molecular formula is C18H15FN2O2. The molecule has 3 aromatic rings. The van der Waals surface area contributed by atoms with Gasteiger partial charge in [-0.3, -0.25) is 4.79 Å². The molecule has 0 bridgehead atoms. The smallest absolute Gasteiger partial charge is 0.263 e. The van der Waals surface area contributed by atoms with Crippen LogP contribution in [0.25, 0.3) is 11.3 Å². The van der Waals surface area contributed by atoms with Crippen molar-refractivity contribution in [2.75, 3.05) is 11.4 Å². The van der Waals surface area contributed by atoms with Crippen molar-refractivity contribution in [3.8, 4) is 11.3 Å². The van der Waals surface area contributed by atoms with Crippen molar-refractivity contribution < 1.29 is 13.7 Å². The summed E-state index contributed by atoms with van der Waals surface area (Å²) in [7, 11) is 0. The van der Waals surface area contributed by atoms with Crippen LogP contribution in [0.2, 0.25) is 0 Å². The molecule has 0 aliphatic carbocycles. The number of anilines is 1. The summed E-state index contributed by atoms with van der Waals surface area (Å²) in [4.78, 5) is 14.5. The minimum atomic E-state index is -0.347. The maximum absolute atomic E-state index is 13.1. The van der Waals surface area contributed by atoms with Crippen LogP contribution in [0.15, 0.2) is 65.3 Å². The molecule has 0 saturated carbocycles. The van der Waals surface area contributed by atoms with E-state index in [0.717, 1.165) is 5.69 Å². The van der Waals surface area contributed by atoms with Gasteiger partial charge in [-0.05, 0) is 43.3 Å². The standard InChI is InChI=1S/C18H15FN2O2/c1-2-21(15-6-4-3-5-7-15)18(22)16-12-20-23-17(16)13-8-10-14(19)11-9-13/h3-12H,2H2,1H3. The second kappa shape index (κ2) is 6.44. The molecular weight excluding hydrogens is 295 g/mol. The van der Waals surface area contributed by atoms with Gasteiger partial charge in [0.15, 0.2) is 5.76 Å². The predicted molar refractivity (Wildman–Crippen MR) is 85.7 cm³/mol. The number of rotatable bonds is 4. The van der Waals surface area contributed by atoms with Crippen molar-refractivity contribution in [3.05, 3.63) is 72.2 Å². The quantitative estimate of drug-likeness (QED) is 0.727. The Morgan fingerprint density at radius 1 is 1.13 bits per heavy atom. The highest BCUT2D eigenvalue weighted by atomic mass is 19.1. The molecule has 0 saturated heterocycles. The van der Waals surface area contributed by atoms with E-state index < -0.39 is 0 Å². The fourth-order valence-corrected chi connectivity index (χ4v) is 2.40. The van der Waals surface area contributed by atoms with Gasteiger partial charge >= 0.3 is 0 Å². The molecule has 0 N–H and O–H groups in total. The van der Waals surface area contributed by atoms with E-state index >= 15 is 0 Å². The highest BCUT2D eigenvalue weighted by Crippen LogP contribution is 2.26. The summed E-state index contributed by atoms with van der Waals surface area (Å²) in [5.74, 6) is -0.218. The lowest BCUT2D eigenvalue weighted by molar-refractivity contribution is 0.0988. The Labute approximate surface area is 133 Å². The Hall–Kier alpha value is -2.95. The van der Waals surface area contributed by atoms with Gasteiger partial charge in [-0.1, -0.05) is 23.4 Å². The molecule has 116 valence electrons. The van der Waals surface area contributed by atoms with Crippen LogP contribution < -0.4 is 4.90 Å². The van der Waals surface area contributed by atoms with Gasteiger partial charge in [-0.2, -0.15) is 0 Å². The van der Waals surface area contributed by atoms with Crippen molar-refractivity contribution in [3.63, 3.8) is 0 Å². The third-order valence-electron chi connectivity index (χ3n) is 3.54. The second-order valence-corrected chi connectivity index (χ2v) is 4.96. The van der Waals surface area contributed by atoms with Crippen molar-refractivity contribution in [1.82, 2.24) is 5.16 Å². The van der Waals surface area contributed by atoms with Gasteiger partial charge in [0.25, 0.3) is 5.91 Å². The largest absolute Gasteiger partial charge is 0.355 e. The first-order valence-corrected chi connectivity index (χ1v) is 7.28.